The lowest BCUT2D eigenvalue weighted by Crippen LogP contribution is -2.13. The van der Waals surface area contributed by atoms with E-state index in [-0.39, 0.29) is 5.91 Å². The standard InChI is InChI=1S/C15H14N4O2/c1-21-10-5-6-13(12(16)8-10)18-15(20)11-9-17-19-7-3-2-4-14(11)19/h2-9H,16H2,1H3,(H,18,20). The minimum Gasteiger partial charge on any atom is -0.497 e. The van der Waals surface area contributed by atoms with Crippen LogP contribution in [0.15, 0.2) is 48.8 Å². The number of hydrogen-bond donors (Lipinski definition) is 2. The van der Waals surface area contributed by atoms with Crippen LogP contribution >= 0.6 is 0 Å². The zero-order valence-electron chi connectivity index (χ0n) is 11.4. The summed E-state index contributed by atoms with van der Waals surface area (Å²) in [4.78, 5) is 12.3. The Morgan fingerprint density at radius 3 is 2.95 bits per heavy atom. The van der Waals surface area contributed by atoms with Crippen LogP contribution in [0.25, 0.3) is 5.52 Å². The number of methoxy groups -OCH3 is 1. The van der Waals surface area contributed by atoms with Crippen LogP contribution < -0.4 is 15.8 Å². The van der Waals surface area contributed by atoms with E-state index >= 15 is 0 Å². The normalized spacial score (nSPS) is 10.5. The minimum atomic E-state index is -0.256. The molecule has 1 amide bonds. The van der Waals surface area contributed by atoms with Gasteiger partial charge in [0.2, 0.25) is 0 Å². The molecule has 0 fully saturated rings. The van der Waals surface area contributed by atoms with E-state index in [4.69, 9.17) is 10.5 Å². The zero-order chi connectivity index (χ0) is 14.8. The van der Waals surface area contributed by atoms with Crippen LogP contribution in [0.2, 0.25) is 0 Å². The fourth-order valence-corrected chi connectivity index (χ4v) is 2.08. The van der Waals surface area contributed by atoms with Gasteiger partial charge >= 0.3 is 0 Å². The van der Waals surface area contributed by atoms with E-state index in [9.17, 15) is 4.79 Å². The maximum absolute atomic E-state index is 12.3. The van der Waals surface area contributed by atoms with E-state index in [1.165, 1.54) is 6.20 Å². The smallest absolute Gasteiger partial charge is 0.259 e. The molecule has 3 N–H and O–H groups in total. The van der Waals surface area contributed by atoms with Crippen LogP contribution in [0.3, 0.4) is 0 Å². The average molecular weight is 282 g/mol. The molecule has 3 aromatic rings. The third-order valence-electron chi connectivity index (χ3n) is 3.18. The third kappa shape index (κ3) is 2.38. The topological polar surface area (TPSA) is 81.6 Å². The number of rotatable bonds is 3. The van der Waals surface area contributed by atoms with Gasteiger partial charge in [-0.2, -0.15) is 5.10 Å². The second kappa shape index (κ2) is 5.16. The molecule has 2 heterocycles. The number of nitrogens with two attached hydrogens (primary N) is 1. The van der Waals surface area contributed by atoms with Gasteiger partial charge < -0.3 is 15.8 Å². The molecule has 0 bridgehead atoms. The van der Waals surface area contributed by atoms with Crippen LogP contribution in [0.4, 0.5) is 11.4 Å². The van der Waals surface area contributed by atoms with Crippen LogP contribution in [-0.4, -0.2) is 22.6 Å². The molecule has 0 saturated heterocycles. The highest BCUT2D eigenvalue weighted by molar-refractivity contribution is 6.09. The number of pyridine rings is 1. The molecule has 0 unspecified atom stereocenters. The van der Waals surface area contributed by atoms with Crippen molar-refractivity contribution in [3.8, 4) is 5.75 Å². The third-order valence-corrected chi connectivity index (χ3v) is 3.18. The zero-order valence-corrected chi connectivity index (χ0v) is 11.4. The van der Waals surface area contributed by atoms with Crippen molar-refractivity contribution in [2.75, 3.05) is 18.2 Å². The molecule has 0 aliphatic carbocycles. The predicted octanol–water partition coefficient (Wildman–Crippen LogP) is 2.18. The summed E-state index contributed by atoms with van der Waals surface area (Å²) in [6.07, 6.45) is 3.32. The summed E-state index contributed by atoms with van der Waals surface area (Å²) in [5, 5.41) is 6.92. The van der Waals surface area contributed by atoms with Crippen LogP contribution in [0, 0.1) is 0 Å². The van der Waals surface area contributed by atoms with E-state index in [2.05, 4.69) is 10.4 Å². The SMILES string of the molecule is COc1ccc(NC(=O)c2cnn3ccccc23)c(N)c1. The second-order valence-electron chi connectivity index (χ2n) is 4.50. The highest BCUT2D eigenvalue weighted by atomic mass is 16.5. The van der Waals surface area contributed by atoms with Crippen LogP contribution in [0.1, 0.15) is 10.4 Å². The van der Waals surface area contributed by atoms with Gasteiger partial charge in [-0.1, -0.05) is 6.07 Å². The van der Waals surface area contributed by atoms with Gasteiger partial charge in [0.15, 0.2) is 0 Å². The Kier molecular flexibility index (Phi) is 3.19. The summed E-state index contributed by atoms with van der Waals surface area (Å²) < 4.78 is 6.72. The minimum absolute atomic E-state index is 0.256. The molecular formula is C15H14N4O2. The molecular weight excluding hydrogens is 268 g/mol. The molecule has 0 spiro atoms. The molecule has 0 aliphatic heterocycles. The van der Waals surface area contributed by atoms with Crippen molar-refractivity contribution in [3.63, 3.8) is 0 Å². The summed E-state index contributed by atoms with van der Waals surface area (Å²) in [7, 11) is 1.56. The molecule has 2 aromatic heterocycles. The molecule has 1 aromatic carbocycles. The Labute approximate surface area is 121 Å². The fraction of sp³-hybridized carbons (Fsp3) is 0.0667. The van der Waals surface area contributed by atoms with E-state index in [1.807, 2.05) is 18.2 Å². The molecule has 6 nitrogen and oxygen atoms in total. The number of ether oxygens (including phenoxy) is 1. The first-order valence-corrected chi connectivity index (χ1v) is 6.36. The number of nitrogens with one attached hydrogen (secondary N) is 1. The van der Waals surface area contributed by atoms with Gasteiger partial charge in [-0.05, 0) is 24.3 Å². The Morgan fingerprint density at radius 1 is 1.33 bits per heavy atom. The molecule has 3 rings (SSSR count). The maximum Gasteiger partial charge on any atom is 0.259 e. The van der Waals surface area contributed by atoms with Gasteiger partial charge in [0.05, 0.1) is 35.8 Å². The lowest BCUT2D eigenvalue weighted by molar-refractivity contribution is 0.102. The van der Waals surface area contributed by atoms with Crippen molar-refractivity contribution in [2.24, 2.45) is 0 Å². The highest BCUT2D eigenvalue weighted by Crippen LogP contribution is 2.25. The van der Waals surface area contributed by atoms with Crippen molar-refractivity contribution in [1.82, 2.24) is 9.61 Å². The van der Waals surface area contributed by atoms with Gasteiger partial charge in [0, 0.05) is 12.3 Å². The summed E-state index contributed by atoms with van der Waals surface area (Å²) in [6.45, 7) is 0. The Hall–Kier alpha value is -3.02. The number of nitrogen functional groups attached to an aromatic ring is 1. The van der Waals surface area contributed by atoms with Crippen molar-refractivity contribution >= 4 is 22.8 Å². The summed E-state index contributed by atoms with van der Waals surface area (Å²) in [5.74, 6) is 0.384. The van der Waals surface area contributed by atoms with E-state index in [0.717, 1.165) is 5.52 Å². The van der Waals surface area contributed by atoms with Gasteiger partial charge in [0.1, 0.15) is 5.75 Å². The van der Waals surface area contributed by atoms with Crippen molar-refractivity contribution in [3.05, 3.63) is 54.4 Å². The second-order valence-corrected chi connectivity index (χ2v) is 4.50. The van der Waals surface area contributed by atoms with Crippen LogP contribution in [0.5, 0.6) is 5.75 Å². The number of carbonyl (C=O) groups excluding carboxylic acids is 1. The summed E-state index contributed by atoms with van der Waals surface area (Å²) >= 11 is 0. The first-order valence-electron chi connectivity index (χ1n) is 6.36. The largest absolute Gasteiger partial charge is 0.497 e. The first kappa shape index (κ1) is 13.0. The van der Waals surface area contributed by atoms with Crippen LogP contribution in [-0.2, 0) is 0 Å². The molecule has 6 heteroatoms. The number of anilines is 2. The van der Waals surface area contributed by atoms with Crippen molar-refractivity contribution in [2.45, 2.75) is 0 Å². The van der Waals surface area contributed by atoms with E-state index in [0.29, 0.717) is 22.7 Å². The molecule has 106 valence electrons. The monoisotopic (exact) mass is 282 g/mol. The lowest BCUT2D eigenvalue weighted by Gasteiger charge is -2.09. The average Bonchev–Trinajstić information content (AvgIpc) is 2.93. The summed E-state index contributed by atoms with van der Waals surface area (Å²) in [6, 6.07) is 10.6. The van der Waals surface area contributed by atoms with Gasteiger partial charge in [0.25, 0.3) is 5.91 Å². The molecule has 21 heavy (non-hydrogen) atoms. The quantitative estimate of drug-likeness (QED) is 0.721. The Bertz CT molecular complexity index is 810. The van der Waals surface area contributed by atoms with Crippen molar-refractivity contribution in [1.29, 1.82) is 0 Å². The fourth-order valence-electron chi connectivity index (χ4n) is 2.08. The number of carbonyl (C=O) groups is 1. The first-order chi connectivity index (χ1) is 10.2. The van der Waals surface area contributed by atoms with Gasteiger partial charge in [-0.25, -0.2) is 4.52 Å². The number of hydrogen-bond acceptors (Lipinski definition) is 4. The number of fused-ring (bicyclic) bond motifs is 1. The highest BCUT2D eigenvalue weighted by Gasteiger charge is 2.13. The van der Waals surface area contributed by atoms with Crippen molar-refractivity contribution < 1.29 is 9.53 Å². The Balaban J connectivity index is 1.90. The van der Waals surface area contributed by atoms with Gasteiger partial charge in [-0.15, -0.1) is 0 Å². The molecule has 0 saturated carbocycles. The summed E-state index contributed by atoms with van der Waals surface area (Å²) in [5.41, 5.74) is 8.11. The lowest BCUT2D eigenvalue weighted by atomic mass is 10.2. The maximum atomic E-state index is 12.3. The number of aromatic nitrogens is 2. The predicted molar refractivity (Wildman–Crippen MR) is 80.6 cm³/mol. The molecule has 0 radical (unpaired) electrons. The van der Waals surface area contributed by atoms with E-state index in [1.54, 1.807) is 36.0 Å². The number of nitrogens with zero attached hydrogens (tertiary/aromatic N) is 2. The Morgan fingerprint density at radius 2 is 2.19 bits per heavy atom. The molecule has 0 atom stereocenters. The molecule has 0 aliphatic rings. The van der Waals surface area contributed by atoms with E-state index < -0.39 is 0 Å². The van der Waals surface area contributed by atoms with Gasteiger partial charge in [-0.3, -0.25) is 4.79 Å². The number of amides is 1. The number of benzene rings is 1.